The van der Waals surface area contributed by atoms with Crippen molar-refractivity contribution in [3.63, 3.8) is 0 Å². The van der Waals surface area contributed by atoms with Crippen LogP contribution in [0.5, 0.6) is 0 Å². The van der Waals surface area contributed by atoms with E-state index in [-0.39, 0.29) is 11.3 Å². The van der Waals surface area contributed by atoms with E-state index in [1.54, 1.807) is 0 Å². The van der Waals surface area contributed by atoms with Crippen LogP contribution in [-0.4, -0.2) is 15.0 Å². The summed E-state index contributed by atoms with van der Waals surface area (Å²) in [6, 6.07) is 3.58. The normalized spacial score (nSPS) is 11.1. The molecule has 3 aromatic rings. The molecule has 3 nitrogen and oxygen atoms in total. The lowest BCUT2D eigenvalue weighted by Crippen LogP contribution is -1.85. The fourth-order valence-electron chi connectivity index (χ4n) is 1.70. The van der Waals surface area contributed by atoms with Crippen LogP contribution in [0.2, 0.25) is 0 Å². The first-order valence-electron chi connectivity index (χ1n) is 5.10. The minimum absolute atomic E-state index is 0.116. The van der Waals surface area contributed by atoms with E-state index in [0.29, 0.717) is 11.1 Å². The van der Waals surface area contributed by atoms with Gasteiger partial charge in [0, 0.05) is 11.8 Å². The number of aromatic amines is 1. The second-order valence-corrected chi connectivity index (χ2v) is 3.73. The molecule has 6 heteroatoms. The molecule has 0 spiro atoms. The lowest BCUT2D eigenvalue weighted by atomic mass is 10.3. The number of nitrogens with zero attached hydrogens (tertiary/aromatic N) is 2. The smallest absolute Gasteiger partial charge is 0.186 e. The van der Waals surface area contributed by atoms with Crippen molar-refractivity contribution >= 4 is 11.0 Å². The molecule has 0 saturated carbocycles. The highest BCUT2D eigenvalue weighted by atomic mass is 19.2. The maximum absolute atomic E-state index is 13.5. The van der Waals surface area contributed by atoms with Crippen molar-refractivity contribution in [2.45, 2.75) is 0 Å². The number of aromatic nitrogens is 3. The Morgan fingerprint density at radius 3 is 2.67 bits per heavy atom. The molecule has 2 aromatic heterocycles. The highest BCUT2D eigenvalue weighted by Crippen LogP contribution is 2.23. The second kappa shape index (κ2) is 3.83. The van der Waals surface area contributed by atoms with Gasteiger partial charge in [-0.3, -0.25) is 4.98 Å². The summed E-state index contributed by atoms with van der Waals surface area (Å²) in [6.45, 7) is 0. The van der Waals surface area contributed by atoms with E-state index >= 15 is 0 Å². The number of nitrogens with one attached hydrogen (secondary N) is 1. The van der Waals surface area contributed by atoms with E-state index in [1.165, 1.54) is 18.3 Å². The van der Waals surface area contributed by atoms with Crippen LogP contribution in [0.25, 0.3) is 22.4 Å². The molecule has 2 heterocycles. The summed E-state index contributed by atoms with van der Waals surface area (Å²) in [5.41, 5.74) is 0.591. The SMILES string of the molecule is Fc1cncc(-c2nc3c(F)c(F)ccc3[nH]2)c1. The van der Waals surface area contributed by atoms with Crippen molar-refractivity contribution < 1.29 is 13.2 Å². The molecule has 0 radical (unpaired) electrons. The van der Waals surface area contributed by atoms with Crippen LogP contribution in [-0.2, 0) is 0 Å². The van der Waals surface area contributed by atoms with Crippen molar-refractivity contribution in [1.29, 1.82) is 0 Å². The highest BCUT2D eigenvalue weighted by molar-refractivity contribution is 5.79. The fourth-order valence-corrected chi connectivity index (χ4v) is 1.70. The molecule has 0 unspecified atom stereocenters. The minimum Gasteiger partial charge on any atom is -0.338 e. The standard InChI is InChI=1S/C12H6F3N3/c13-7-3-6(4-16-5-7)12-17-9-2-1-8(14)10(15)11(9)18-12/h1-5H,(H,17,18). The topological polar surface area (TPSA) is 41.6 Å². The predicted molar refractivity (Wildman–Crippen MR) is 59.2 cm³/mol. The molecule has 1 aromatic carbocycles. The first kappa shape index (κ1) is 10.8. The molecule has 18 heavy (non-hydrogen) atoms. The molecule has 0 aliphatic heterocycles. The van der Waals surface area contributed by atoms with Crippen molar-refractivity contribution in [3.05, 3.63) is 48.0 Å². The molecule has 0 fully saturated rings. The summed E-state index contributed by atoms with van der Waals surface area (Å²) in [7, 11) is 0. The number of hydrogen-bond acceptors (Lipinski definition) is 2. The molecule has 0 bridgehead atoms. The van der Waals surface area contributed by atoms with Gasteiger partial charge in [0.25, 0.3) is 0 Å². The van der Waals surface area contributed by atoms with Crippen molar-refractivity contribution in [2.24, 2.45) is 0 Å². The Kier molecular flexibility index (Phi) is 2.29. The lowest BCUT2D eigenvalue weighted by molar-refractivity contribution is 0.515. The van der Waals surface area contributed by atoms with Gasteiger partial charge in [-0.05, 0) is 18.2 Å². The molecule has 90 valence electrons. The lowest BCUT2D eigenvalue weighted by Gasteiger charge is -1.94. The van der Waals surface area contributed by atoms with Gasteiger partial charge in [-0.1, -0.05) is 0 Å². The number of rotatable bonds is 1. The van der Waals surface area contributed by atoms with E-state index in [4.69, 9.17) is 0 Å². The third-order valence-corrected chi connectivity index (χ3v) is 2.52. The monoisotopic (exact) mass is 249 g/mol. The largest absolute Gasteiger partial charge is 0.338 e. The number of benzene rings is 1. The maximum Gasteiger partial charge on any atom is 0.186 e. The molecule has 0 aliphatic rings. The highest BCUT2D eigenvalue weighted by Gasteiger charge is 2.13. The van der Waals surface area contributed by atoms with Crippen LogP contribution in [0, 0.1) is 17.5 Å². The Balaban J connectivity index is 2.23. The summed E-state index contributed by atoms with van der Waals surface area (Å²) in [6.07, 6.45) is 2.43. The molecule has 0 atom stereocenters. The van der Waals surface area contributed by atoms with Crippen molar-refractivity contribution in [3.8, 4) is 11.4 Å². The zero-order valence-corrected chi connectivity index (χ0v) is 8.92. The van der Waals surface area contributed by atoms with Crippen LogP contribution < -0.4 is 0 Å². The number of imidazole rings is 1. The van der Waals surface area contributed by atoms with E-state index in [9.17, 15) is 13.2 Å². The average Bonchev–Trinajstić information content (AvgIpc) is 2.79. The molecular weight excluding hydrogens is 243 g/mol. The molecule has 0 aliphatic carbocycles. The van der Waals surface area contributed by atoms with Crippen LogP contribution in [0.15, 0.2) is 30.6 Å². The van der Waals surface area contributed by atoms with Gasteiger partial charge in [-0.25, -0.2) is 18.2 Å². The van der Waals surface area contributed by atoms with E-state index in [0.717, 1.165) is 12.3 Å². The third kappa shape index (κ3) is 1.62. The zero-order chi connectivity index (χ0) is 12.7. The summed E-state index contributed by atoms with van der Waals surface area (Å²) in [5.74, 6) is -2.29. The van der Waals surface area contributed by atoms with Gasteiger partial charge in [0.15, 0.2) is 11.6 Å². The Bertz CT molecular complexity index is 737. The first-order valence-corrected chi connectivity index (χ1v) is 5.10. The Hall–Kier alpha value is -2.37. The molecular formula is C12H6F3N3. The predicted octanol–water partition coefficient (Wildman–Crippen LogP) is 3.04. The van der Waals surface area contributed by atoms with E-state index in [2.05, 4.69) is 15.0 Å². The van der Waals surface area contributed by atoms with Gasteiger partial charge >= 0.3 is 0 Å². The second-order valence-electron chi connectivity index (χ2n) is 3.73. The van der Waals surface area contributed by atoms with Gasteiger partial charge in [0.05, 0.1) is 11.7 Å². The van der Waals surface area contributed by atoms with Gasteiger partial charge in [-0.2, -0.15) is 0 Å². The maximum atomic E-state index is 13.5. The summed E-state index contributed by atoms with van der Waals surface area (Å²) < 4.78 is 39.5. The molecule has 1 N–H and O–H groups in total. The van der Waals surface area contributed by atoms with E-state index in [1.807, 2.05) is 0 Å². The molecule has 0 amide bonds. The van der Waals surface area contributed by atoms with Gasteiger partial charge in [-0.15, -0.1) is 0 Å². The minimum atomic E-state index is -1.03. The number of halogens is 3. The summed E-state index contributed by atoms with van der Waals surface area (Å²) in [5, 5.41) is 0. The summed E-state index contributed by atoms with van der Waals surface area (Å²) >= 11 is 0. The molecule has 0 saturated heterocycles. The van der Waals surface area contributed by atoms with Crippen molar-refractivity contribution in [1.82, 2.24) is 15.0 Å². The number of fused-ring (bicyclic) bond motifs is 1. The average molecular weight is 249 g/mol. The van der Waals surface area contributed by atoms with Gasteiger partial charge < -0.3 is 4.98 Å². The van der Waals surface area contributed by atoms with E-state index < -0.39 is 17.5 Å². The number of H-pyrrole nitrogens is 1. The number of pyridine rings is 1. The Morgan fingerprint density at radius 1 is 1.06 bits per heavy atom. The van der Waals surface area contributed by atoms with Crippen LogP contribution >= 0.6 is 0 Å². The number of hydrogen-bond donors (Lipinski definition) is 1. The van der Waals surface area contributed by atoms with Crippen LogP contribution in [0.4, 0.5) is 13.2 Å². The zero-order valence-electron chi connectivity index (χ0n) is 8.92. The van der Waals surface area contributed by atoms with Crippen LogP contribution in [0.1, 0.15) is 0 Å². The quantitative estimate of drug-likeness (QED) is 0.720. The molecule has 3 rings (SSSR count). The fraction of sp³-hybridized carbons (Fsp3) is 0. The van der Waals surface area contributed by atoms with Crippen LogP contribution in [0.3, 0.4) is 0 Å². The Morgan fingerprint density at radius 2 is 1.89 bits per heavy atom. The Labute approximate surface area is 99.3 Å². The first-order chi connectivity index (χ1) is 8.65. The van der Waals surface area contributed by atoms with Gasteiger partial charge in [0.1, 0.15) is 17.2 Å². The summed E-state index contributed by atoms with van der Waals surface area (Å²) in [4.78, 5) is 10.4. The third-order valence-electron chi connectivity index (χ3n) is 2.52. The van der Waals surface area contributed by atoms with Gasteiger partial charge in [0.2, 0.25) is 0 Å². The van der Waals surface area contributed by atoms with Crippen molar-refractivity contribution in [2.75, 3.05) is 0 Å².